The number of nitrogens with two attached hydrogens (primary N) is 1. The molecule has 1 aliphatic carbocycles. The summed E-state index contributed by atoms with van der Waals surface area (Å²) in [4.78, 5) is 52.9. The SMILES string of the molecule is Cc1ccc(C)c(C(C(=O)NC2CCCCC2)N(CC#N)C(=O)C(CC(N)=O)NC(=O)OC(C)(C)C)c1. The molecule has 0 heterocycles. The van der Waals surface area contributed by atoms with E-state index in [9.17, 15) is 24.4 Å². The van der Waals surface area contributed by atoms with E-state index in [4.69, 9.17) is 10.5 Å². The van der Waals surface area contributed by atoms with Gasteiger partial charge < -0.3 is 26.0 Å². The van der Waals surface area contributed by atoms with Gasteiger partial charge in [-0.05, 0) is 58.6 Å². The maximum Gasteiger partial charge on any atom is 0.408 e. The second-order valence-corrected chi connectivity index (χ2v) is 10.6. The van der Waals surface area contributed by atoms with Crippen molar-refractivity contribution >= 4 is 23.8 Å². The fraction of sp³-hybridized carbons (Fsp3) is 0.593. The zero-order chi connectivity index (χ0) is 27.8. The fourth-order valence-corrected chi connectivity index (χ4v) is 4.46. The lowest BCUT2D eigenvalue weighted by Crippen LogP contribution is -2.55. The molecule has 1 saturated carbocycles. The van der Waals surface area contributed by atoms with E-state index < -0.39 is 54.5 Å². The average molecular weight is 514 g/mol. The van der Waals surface area contributed by atoms with Crippen molar-refractivity contribution in [2.45, 2.75) is 96.9 Å². The Balaban J connectivity index is 2.49. The predicted molar refractivity (Wildman–Crippen MR) is 138 cm³/mol. The molecule has 2 atom stereocenters. The quantitative estimate of drug-likeness (QED) is 0.431. The lowest BCUT2D eigenvalue weighted by Gasteiger charge is -2.34. The number of aryl methyl sites for hydroxylation is 2. The molecule has 2 unspecified atom stereocenters. The lowest BCUT2D eigenvalue weighted by atomic mass is 9.93. The summed E-state index contributed by atoms with van der Waals surface area (Å²) in [5.41, 5.74) is 6.73. The van der Waals surface area contributed by atoms with E-state index in [1.807, 2.05) is 38.1 Å². The monoisotopic (exact) mass is 513 g/mol. The first-order chi connectivity index (χ1) is 17.3. The summed E-state index contributed by atoms with van der Waals surface area (Å²) in [6.45, 7) is 8.23. The second-order valence-electron chi connectivity index (χ2n) is 10.6. The van der Waals surface area contributed by atoms with Gasteiger partial charge in [-0.1, -0.05) is 43.0 Å². The van der Waals surface area contributed by atoms with Gasteiger partial charge in [0.1, 0.15) is 24.2 Å². The van der Waals surface area contributed by atoms with Crippen molar-refractivity contribution in [2.24, 2.45) is 5.73 Å². The van der Waals surface area contributed by atoms with Crippen molar-refractivity contribution in [1.82, 2.24) is 15.5 Å². The number of benzene rings is 1. The van der Waals surface area contributed by atoms with Crippen LogP contribution in [0.4, 0.5) is 4.79 Å². The van der Waals surface area contributed by atoms with Gasteiger partial charge in [0.15, 0.2) is 0 Å². The molecule has 0 aromatic heterocycles. The van der Waals surface area contributed by atoms with Gasteiger partial charge in [0.2, 0.25) is 17.7 Å². The summed E-state index contributed by atoms with van der Waals surface area (Å²) < 4.78 is 5.25. The van der Waals surface area contributed by atoms with Crippen LogP contribution in [0.1, 0.15) is 82.0 Å². The summed E-state index contributed by atoms with van der Waals surface area (Å²) in [6, 6.07) is 4.90. The summed E-state index contributed by atoms with van der Waals surface area (Å²) in [6.07, 6.45) is 3.34. The number of primary amides is 1. The number of carbonyl (C=O) groups is 4. The van der Waals surface area contributed by atoms with Gasteiger partial charge in [-0.3, -0.25) is 14.4 Å². The molecule has 10 nitrogen and oxygen atoms in total. The molecule has 202 valence electrons. The first kappa shape index (κ1) is 29.6. The number of carbonyl (C=O) groups excluding carboxylic acids is 4. The van der Waals surface area contributed by atoms with E-state index in [1.165, 1.54) is 0 Å². The minimum Gasteiger partial charge on any atom is -0.444 e. The number of nitriles is 1. The molecule has 4 amide bonds. The molecule has 37 heavy (non-hydrogen) atoms. The van der Waals surface area contributed by atoms with E-state index >= 15 is 0 Å². The van der Waals surface area contributed by atoms with Gasteiger partial charge in [0.05, 0.1) is 12.5 Å². The van der Waals surface area contributed by atoms with Crippen LogP contribution in [0.5, 0.6) is 0 Å². The third-order valence-corrected chi connectivity index (χ3v) is 6.16. The van der Waals surface area contributed by atoms with Gasteiger partial charge in [-0.25, -0.2) is 4.79 Å². The predicted octanol–water partition coefficient (Wildman–Crippen LogP) is 2.91. The molecular formula is C27H39N5O5. The van der Waals surface area contributed by atoms with Gasteiger partial charge in [-0.15, -0.1) is 0 Å². The normalized spacial score (nSPS) is 15.6. The highest BCUT2D eigenvalue weighted by atomic mass is 16.6. The van der Waals surface area contributed by atoms with Crippen LogP contribution in [-0.4, -0.2) is 52.9 Å². The van der Waals surface area contributed by atoms with Crippen LogP contribution >= 0.6 is 0 Å². The van der Waals surface area contributed by atoms with Crippen LogP contribution in [0.15, 0.2) is 18.2 Å². The van der Waals surface area contributed by atoms with E-state index in [0.29, 0.717) is 5.56 Å². The van der Waals surface area contributed by atoms with Crippen molar-refractivity contribution in [3.8, 4) is 6.07 Å². The molecule has 1 aliphatic rings. The largest absolute Gasteiger partial charge is 0.444 e. The van der Waals surface area contributed by atoms with Crippen molar-refractivity contribution in [3.05, 3.63) is 34.9 Å². The molecule has 2 rings (SSSR count). The summed E-state index contributed by atoms with van der Waals surface area (Å²) in [5.74, 6) is -2.03. The Morgan fingerprint density at radius 2 is 1.81 bits per heavy atom. The fourth-order valence-electron chi connectivity index (χ4n) is 4.46. The number of amides is 4. The Kier molecular flexibility index (Phi) is 10.5. The number of ether oxygens (including phenoxy) is 1. The maximum atomic E-state index is 13.8. The van der Waals surface area contributed by atoms with E-state index in [-0.39, 0.29) is 6.04 Å². The van der Waals surface area contributed by atoms with Gasteiger partial charge in [0.25, 0.3) is 0 Å². The Morgan fingerprint density at radius 1 is 1.16 bits per heavy atom. The van der Waals surface area contributed by atoms with E-state index in [2.05, 4.69) is 10.6 Å². The highest BCUT2D eigenvalue weighted by Crippen LogP contribution is 2.28. The minimum absolute atomic E-state index is 0.0331. The van der Waals surface area contributed by atoms with Crippen LogP contribution in [0.2, 0.25) is 0 Å². The molecule has 1 aromatic carbocycles. The van der Waals surface area contributed by atoms with Crippen molar-refractivity contribution in [2.75, 3.05) is 6.54 Å². The highest BCUT2D eigenvalue weighted by Gasteiger charge is 2.38. The van der Waals surface area contributed by atoms with Gasteiger partial charge in [-0.2, -0.15) is 5.26 Å². The molecule has 0 radical (unpaired) electrons. The smallest absolute Gasteiger partial charge is 0.408 e. The Bertz CT molecular complexity index is 1040. The van der Waals surface area contributed by atoms with Crippen molar-refractivity contribution in [3.63, 3.8) is 0 Å². The Labute approximate surface area is 218 Å². The number of rotatable bonds is 9. The van der Waals surface area contributed by atoms with Gasteiger partial charge in [0, 0.05) is 6.04 Å². The van der Waals surface area contributed by atoms with Crippen LogP contribution < -0.4 is 16.4 Å². The molecule has 1 fully saturated rings. The van der Waals surface area contributed by atoms with Crippen molar-refractivity contribution < 1.29 is 23.9 Å². The third-order valence-electron chi connectivity index (χ3n) is 6.16. The zero-order valence-corrected chi connectivity index (χ0v) is 22.4. The second kappa shape index (κ2) is 13.1. The first-order valence-electron chi connectivity index (χ1n) is 12.6. The lowest BCUT2D eigenvalue weighted by molar-refractivity contribution is -0.143. The van der Waals surface area contributed by atoms with Crippen LogP contribution in [0.25, 0.3) is 0 Å². The molecule has 0 spiro atoms. The zero-order valence-electron chi connectivity index (χ0n) is 22.4. The Hall–Kier alpha value is -3.61. The summed E-state index contributed by atoms with van der Waals surface area (Å²) >= 11 is 0. The summed E-state index contributed by atoms with van der Waals surface area (Å²) in [7, 11) is 0. The standard InChI is InChI=1S/C27H39N5O5/c1-17-11-12-18(2)20(15-17)23(24(34)30-19-9-7-6-8-10-19)32(14-13-28)25(35)21(16-22(29)33)31-26(36)37-27(3,4)5/h11-12,15,19,21,23H,6-10,14,16H2,1-5H3,(H2,29,33)(H,30,34)(H,31,36). The maximum absolute atomic E-state index is 13.8. The number of hydrogen-bond acceptors (Lipinski definition) is 6. The molecule has 1 aromatic rings. The molecule has 0 bridgehead atoms. The molecule has 10 heteroatoms. The number of nitrogens with one attached hydrogen (secondary N) is 2. The van der Waals surface area contributed by atoms with Crippen LogP contribution in [-0.2, 0) is 19.1 Å². The van der Waals surface area contributed by atoms with Gasteiger partial charge >= 0.3 is 6.09 Å². The molecule has 4 N–H and O–H groups in total. The number of alkyl carbamates (subject to hydrolysis) is 1. The molecule has 0 aliphatic heterocycles. The average Bonchev–Trinajstić information content (AvgIpc) is 2.79. The summed E-state index contributed by atoms with van der Waals surface area (Å²) in [5, 5.41) is 15.1. The third kappa shape index (κ3) is 9.08. The van der Waals surface area contributed by atoms with Crippen molar-refractivity contribution in [1.29, 1.82) is 5.26 Å². The Morgan fingerprint density at radius 3 is 2.38 bits per heavy atom. The van der Waals surface area contributed by atoms with Crippen LogP contribution in [0, 0.1) is 25.2 Å². The topological polar surface area (TPSA) is 155 Å². The molecule has 0 saturated heterocycles. The number of nitrogens with zero attached hydrogens (tertiary/aromatic N) is 2. The van der Waals surface area contributed by atoms with E-state index in [0.717, 1.165) is 48.1 Å². The van der Waals surface area contributed by atoms with Crippen LogP contribution in [0.3, 0.4) is 0 Å². The first-order valence-corrected chi connectivity index (χ1v) is 12.6. The number of hydrogen-bond donors (Lipinski definition) is 3. The minimum atomic E-state index is -1.42. The molecular weight excluding hydrogens is 474 g/mol. The highest BCUT2D eigenvalue weighted by molar-refractivity contribution is 5.95. The van der Waals surface area contributed by atoms with E-state index in [1.54, 1.807) is 20.8 Å².